The molecule has 1 aliphatic carbocycles. The van der Waals surface area contributed by atoms with Crippen LogP contribution >= 0.6 is 0 Å². The normalized spacial score (nSPS) is 37.6. The van der Waals surface area contributed by atoms with E-state index in [1.165, 1.54) is 0 Å². The highest BCUT2D eigenvalue weighted by atomic mass is 16.4. The number of carbonyl (C=O) groups is 1. The molecule has 52 valence electrons. The molecule has 1 saturated carbocycles. The predicted molar refractivity (Wildman–Crippen MR) is 34.2 cm³/mol. The number of carboxylic acid groups (broad SMARTS) is 1. The van der Waals surface area contributed by atoms with E-state index in [0.29, 0.717) is 6.42 Å². The quantitative estimate of drug-likeness (QED) is 0.584. The molecule has 1 aliphatic rings. The van der Waals surface area contributed by atoms with E-state index in [4.69, 9.17) is 6.48 Å². The van der Waals surface area contributed by atoms with E-state index in [-0.39, 0.29) is 12.3 Å². The van der Waals surface area contributed by atoms with Crippen molar-refractivity contribution in [1.82, 2.24) is 0 Å². The Kier molecular flexibility index (Phi) is 1.67. The lowest BCUT2D eigenvalue weighted by molar-refractivity contribution is -0.142. The highest BCUT2D eigenvalue weighted by Crippen LogP contribution is 2.23. The summed E-state index contributed by atoms with van der Waals surface area (Å²) in [7, 11) is 0. The summed E-state index contributed by atoms with van der Waals surface area (Å²) >= 11 is 0. The molecule has 0 heterocycles. The van der Waals surface area contributed by atoms with Crippen LogP contribution in [0.4, 0.5) is 0 Å². The molecular formula is C7H12O2. The van der Waals surface area contributed by atoms with Crippen molar-refractivity contribution in [2.75, 3.05) is 0 Å². The zero-order valence-corrected chi connectivity index (χ0v) is 5.34. The predicted octanol–water partition coefficient (Wildman–Crippen LogP) is 1.65. The van der Waals surface area contributed by atoms with Crippen molar-refractivity contribution in [3.05, 3.63) is 0 Å². The van der Waals surface area contributed by atoms with Crippen molar-refractivity contribution in [2.45, 2.75) is 32.1 Å². The third-order valence-corrected chi connectivity index (χ3v) is 1.76. The number of rotatable bonds is 1. The molecule has 2 unspecified atom stereocenters. The van der Waals surface area contributed by atoms with Gasteiger partial charge in [0.2, 0.25) is 0 Å². The maximum atomic E-state index is 10.4. The average molecular weight is 129 g/mol. The first-order valence-electron chi connectivity index (χ1n) is 3.93. The minimum atomic E-state index is -0.725. The Hall–Kier alpha value is -0.530. The largest absolute Gasteiger partial charge is 0.481 e. The summed E-state index contributed by atoms with van der Waals surface area (Å²) in [5, 5.41) is 8.57. The van der Waals surface area contributed by atoms with Crippen molar-refractivity contribution in [1.29, 1.82) is 0 Å². The number of aliphatic carboxylic acids is 1. The SMILES string of the molecule is [2H]C1CCCC(C(=O)O)C1. The Bertz CT molecular complexity index is 136. The Morgan fingerprint density at radius 3 is 2.78 bits per heavy atom. The van der Waals surface area contributed by atoms with E-state index in [0.717, 1.165) is 19.3 Å². The molecule has 0 radical (unpaired) electrons. The average Bonchev–Trinajstić information content (AvgIpc) is 1.88. The van der Waals surface area contributed by atoms with Crippen LogP contribution < -0.4 is 0 Å². The summed E-state index contributed by atoms with van der Waals surface area (Å²) in [5.74, 6) is -0.965. The first-order valence-corrected chi connectivity index (χ1v) is 3.35. The van der Waals surface area contributed by atoms with Crippen LogP contribution in [0.25, 0.3) is 0 Å². The van der Waals surface area contributed by atoms with Gasteiger partial charge >= 0.3 is 5.97 Å². The molecular weight excluding hydrogens is 116 g/mol. The lowest BCUT2D eigenvalue weighted by Crippen LogP contribution is -2.16. The molecule has 0 bridgehead atoms. The molecule has 1 fully saturated rings. The van der Waals surface area contributed by atoms with Crippen LogP contribution in [0.3, 0.4) is 0 Å². The molecule has 1 rings (SSSR count). The number of hydrogen-bond donors (Lipinski definition) is 1. The van der Waals surface area contributed by atoms with E-state index in [2.05, 4.69) is 0 Å². The van der Waals surface area contributed by atoms with E-state index in [1.54, 1.807) is 0 Å². The van der Waals surface area contributed by atoms with Crippen molar-refractivity contribution in [3.63, 3.8) is 0 Å². The van der Waals surface area contributed by atoms with Gasteiger partial charge in [0.1, 0.15) is 0 Å². The van der Waals surface area contributed by atoms with E-state index in [9.17, 15) is 4.79 Å². The fourth-order valence-electron chi connectivity index (χ4n) is 1.17. The summed E-state index contributed by atoms with van der Waals surface area (Å²) in [4.78, 5) is 10.4. The van der Waals surface area contributed by atoms with Gasteiger partial charge in [-0.1, -0.05) is 19.2 Å². The Morgan fingerprint density at radius 2 is 2.33 bits per heavy atom. The van der Waals surface area contributed by atoms with E-state index >= 15 is 0 Å². The van der Waals surface area contributed by atoms with Crippen molar-refractivity contribution >= 4 is 5.97 Å². The summed E-state index contributed by atoms with van der Waals surface area (Å²) in [6, 6.07) is 0. The molecule has 0 aliphatic heterocycles. The summed E-state index contributed by atoms with van der Waals surface area (Å²) in [6.07, 6.45) is 2.98. The molecule has 0 saturated heterocycles. The molecule has 0 spiro atoms. The van der Waals surface area contributed by atoms with Gasteiger partial charge in [-0.3, -0.25) is 4.79 Å². The van der Waals surface area contributed by atoms with Crippen LogP contribution in [-0.4, -0.2) is 11.1 Å². The van der Waals surface area contributed by atoms with Gasteiger partial charge in [-0.2, -0.15) is 0 Å². The van der Waals surface area contributed by atoms with Crippen molar-refractivity contribution in [3.8, 4) is 0 Å². The van der Waals surface area contributed by atoms with Crippen molar-refractivity contribution < 1.29 is 11.3 Å². The van der Waals surface area contributed by atoms with Crippen LogP contribution in [0.15, 0.2) is 0 Å². The third kappa shape index (κ3) is 1.70. The van der Waals surface area contributed by atoms with E-state index in [1.807, 2.05) is 0 Å². The fourth-order valence-corrected chi connectivity index (χ4v) is 1.17. The maximum absolute atomic E-state index is 10.4. The standard InChI is InChI=1S/C7H12O2/c8-7(9)6-4-2-1-3-5-6/h6H,1-5H2,(H,8,9)/i2D. The van der Waals surface area contributed by atoms with Gasteiger partial charge in [0.15, 0.2) is 0 Å². The molecule has 1 N–H and O–H groups in total. The monoisotopic (exact) mass is 129 g/mol. The van der Waals surface area contributed by atoms with Gasteiger partial charge in [-0.05, 0) is 12.8 Å². The van der Waals surface area contributed by atoms with Gasteiger partial charge in [-0.25, -0.2) is 0 Å². The first-order chi connectivity index (χ1) is 4.70. The van der Waals surface area contributed by atoms with Crippen LogP contribution in [0, 0.1) is 5.92 Å². The summed E-state index contributed by atoms with van der Waals surface area (Å²) in [5.41, 5.74) is 0. The van der Waals surface area contributed by atoms with Gasteiger partial charge in [0.05, 0.1) is 5.92 Å². The Labute approximate surface area is 56.3 Å². The lowest BCUT2D eigenvalue weighted by Gasteiger charge is -2.16. The van der Waals surface area contributed by atoms with Gasteiger partial charge in [-0.15, -0.1) is 0 Å². The van der Waals surface area contributed by atoms with Crippen LogP contribution in [0.5, 0.6) is 0 Å². The molecule has 0 aromatic rings. The van der Waals surface area contributed by atoms with Crippen LogP contribution in [-0.2, 0) is 4.79 Å². The molecule has 2 nitrogen and oxygen atoms in total. The second-order valence-corrected chi connectivity index (χ2v) is 2.49. The smallest absolute Gasteiger partial charge is 0.306 e. The molecule has 2 heteroatoms. The highest BCUT2D eigenvalue weighted by Gasteiger charge is 2.19. The molecule has 2 atom stereocenters. The topological polar surface area (TPSA) is 37.3 Å². The fraction of sp³-hybridized carbons (Fsp3) is 0.857. The zero-order valence-electron chi connectivity index (χ0n) is 6.34. The minimum absolute atomic E-state index is 0.130. The van der Waals surface area contributed by atoms with Gasteiger partial charge in [0.25, 0.3) is 0 Å². The second kappa shape index (κ2) is 2.85. The van der Waals surface area contributed by atoms with Crippen LogP contribution in [0.2, 0.25) is 0 Å². The summed E-state index contributed by atoms with van der Waals surface area (Å²) in [6.45, 7) is 0. The number of hydrogen-bond acceptors (Lipinski definition) is 1. The Morgan fingerprint density at radius 1 is 1.56 bits per heavy atom. The molecule has 0 aromatic heterocycles. The Balaban J connectivity index is 2.39. The lowest BCUT2D eigenvalue weighted by atomic mass is 9.90. The zero-order chi connectivity index (χ0) is 7.56. The minimum Gasteiger partial charge on any atom is -0.481 e. The summed E-state index contributed by atoms with van der Waals surface area (Å²) < 4.78 is 7.33. The van der Waals surface area contributed by atoms with Gasteiger partial charge in [0, 0.05) is 1.37 Å². The van der Waals surface area contributed by atoms with E-state index < -0.39 is 5.97 Å². The highest BCUT2D eigenvalue weighted by molar-refractivity contribution is 5.69. The number of carboxylic acids is 1. The second-order valence-electron chi connectivity index (χ2n) is 2.49. The first kappa shape index (κ1) is 5.27. The molecule has 0 aromatic carbocycles. The maximum Gasteiger partial charge on any atom is 0.306 e. The van der Waals surface area contributed by atoms with Gasteiger partial charge < -0.3 is 5.11 Å². The van der Waals surface area contributed by atoms with Crippen LogP contribution in [0.1, 0.15) is 33.5 Å². The molecule has 0 amide bonds. The third-order valence-electron chi connectivity index (χ3n) is 1.76. The molecule has 9 heavy (non-hydrogen) atoms. The van der Waals surface area contributed by atoms with Crippen molar-refractivity contribution in [2.24, 2.45) is 5.92 Å².